The summed E-state index contributed by atoms with van der Waals surface area (Å²) in [5, 5.41) is 3.55. The van der Waals surface area contributed by atoms with E-state index >= 15 is 0 Å². The maximum atomic E-state index is 12.3. The number of H-pyrrole nitrogens is 1. The lowest BCUT2D eigenvalue weighted by molar-refractivity contribution is -0.142. The smallest absolute Gasteiger partial charge is 0.408 e. The minimum Gasteiger partial charge on any atom is -0.489 e. The average molecular weight is 459 g/mol. The summed E-state index contributed by atoms with van der Waals surface area (Å²) in [7, 11) is 1.29. The highest BCUT2D eigenvalue weighted by Gasteiger charge is 2.24. The Morgan fingerprint density at radius 3 is 2.26 bits per heavy atom. The lowest BCUT2D eigenvalue weighted by atomic mass is 10.0. The van der Waals surface area contributed by atoms with Crippen LogP contribution >= 0.6 is 0 Å². The zero-order valence-electron chi connectivity index (χ0n) is 18.8. The van der Waals surface area contributed by atoms with Crippen molar-refractivity contribution >= 4 is 23.0 Å². The number of fused-ring (bicyclic) bond motifs is 1. The van der Waals surface area contributed by atoms with Crippen LogP contribution < -0.4 is 10.1 Å². The first kappa shape index (κ1) is 22.9. The highest BCUT2D eigenvalue weighted by Crippen LogP contribution is 2.25. The van der Waals surface area contributed by atoms with Gasteiger partial charge in [-0.1, -0.05) is 60.7 Å². The van der Waals surface area contributed by atoms with Crippen LogP contribution in [0.3, 0.4) is 0 Å². The maximum absolute atomic E-state index is 12.3. The van der Waals surface area contributed by atoms with Crippen LogP contribution in [0.2, 0.25) is 0 Å². The number of aromatic nitrogens is 1. The molecule has 2 N–H and O–H groups in total. The summed E-state index contributed by atoms with van der Waals surface area (Å²) in [4.78, 5) is 27.9. The molecule has 0 fully saturated rings. The number of hydrogen-bond acceptors (Lipinski definition) is 5. The Balaban J connectivity index is 1.40. The fourth-order valence-electron chi connectivity index (χ4n) is 3.63. The first-order chi connectivity index (χ1) is 16.6. The number of methoxy groups -OCH3 is 1. The highest BCUT2D eigenvalue weighted by molar-refractivity contribution is 5.87. The molecule has 0 spiro atoms. The molecular weight excluding hydrogens is 432 g/mol. The van der Waals surface area contributed by atoms with Crippen molar-refractivity contribution in [1.29, 1.82) is 0 Å². The van der Waals surface area contributed by atoms with Crippen molar-refractivity contribution in [3.63, 3.8) is 0 Å². The van der Waals surface area contributed by atoms with Crippen molar-refractivity contribution in [2.75, 3.05) is 7.11 Å². The van der Waals surface area contributed by atoms with Gasteiger partial charge in [0, 0.05) is 29.6 Å². The largest absolute Gasteiger partial charge is 0.489 e. The fraction of sp³-hybridized carbons (Fsp3) is 0.185. The van der Waals surface area contributed by atoms with Crippen molar-refractivity contribution < 1.29 is 23.8 Å². The van der Waals surface area contributed by atoms with E-state index in [-0.39, 0.29) is 13.0 Å². The predicted molar refractivity (Wildman–Crippen MR) is 128 cm³/mol. The minimum atomic E-state index is -0.888. The van der Waals surface area contributed by atoms with Gasteiger partial charge in [-0.15, -0.1) is 0 Å². The number of amides is 1. The molecule has 0 aliphatic heterocycles. The summed E-state index contributed by atoms with van der Waals surface area (Å²) < 4.78 is 16.0. The molecule has 1 atom stereocenters. The molecule has 0 unspecified atom stereocenters. The first-order valence-electron chi connectivity index (χ1n) is 10.9. The molecule has 4 aromatic rings. The third-order valence-electron chi connectivity index (χ3n) is 5.40. The molecule has 0 bridgehead atoms. The monoisotopic (exact) mass is 458 g/mol. The lowest BCUT2D eigenvalue weighted by Crippen LogP contribution is -2.43. The van der Waals surface area contributed by atoms with E-state index in [1.54, 1.807) is 0 Å². The van der Waals surface area contributed by atoms with Crippen LogP contribution in [0, 0.1) is 0 Å². The van der Waals surface area contributed by atoms with Crippen molar-refractivity contribution in [1.82, 2.24) is 10.3 Å². The normalized spacial score (nSPS) is 11.6. The van der Waals surface area contributed by atoms with E-state index in [1.165, 1.54) is 7.11 Å². The van der Waals surface area contributed by atoms with Crippen LogP contribution in [0.5, 0.6) is 5.75 Å². The number of ether oxygens (including phenoxy) is 3. The summed E-state index contributed by atoms with van der Waals surface area (Å²) in [6.07, 6.45) is 1.38. The predicted octanol–water partition coefficient (Wildman–Crippen LogP) is 4.76. The van der Waals surface area contributed by atoms with Gasteiger partial charge in [0.1, 0.15) is 25.0 Å². The highest BCUT2D eigenvalue weighted by atomic mass is 16.6. The van der Waals surface area contributed by atoms with Crippen LogP contribution in [-0.4, -0.2) is 30.2 Å². The van der Waals surface area contributed by atoms with E-state index in [0.717, 1.165) is 33.3 Å². The number of alkyl carbamates (subject to hydrolysis) is 1. The summed E-state index contributed by atoms with van der Waals surface area (Å²) in [6.45, 7) is 0.582. The summed E-state index contributed by atoms with van der Waals surface area (Å²) >= 11 is 0. The van der Waals surface area contributed by atoms with Gasteiger partial charge in [-0.25, -0.2) is 9.59 Å². The van der Waals surface area contributed by atoms with E-state index in [9.17, 15) is 9.59 Å². The molecule has 3 aromatic carbocycles. The van der Waals surface area contributed by atoms with E-state index in [0.29, 0.717) is 6.61 Å². The fourth-order valence-corrected chi connectivity index (χ4v) is 3.63. The standard InChI is InChI=1S/C27H26N2O5/c1-32-26(30)25(29-27(31)34-18-20-10-6-3-7-11-20)14-21-16-28-24-15-22(12-13-23(21)24)33-17-19-8-4-2-5-9-19/h2-13,15-16,25,28H,14,17-18H2,1H3,(H,29,31)/t25-/m0/s1. The maximum Gasteiger partial charge on any atom is 0.408 e. The van der Waals surface area contributed by atoms with Crippen LogP contribution in [0.15, 0.2) is 85.1 Å². The molecule has 1 heterocycles. The quantitative estimate of drug-likeness (QED) is 0.353. The SMILES string of the molecule is COC(=O)[C@H](Cc1c[nH]c2cc(OCc3ccccc3)ccc12)NC(=O)OCc1ccccc1. The molecule has 0 aliphatic carbocycles. The number of esters is 1. The van der Waals surface area contributed by atoms with Gasteiger partial charge in [0.25, 0.3) is 0 Å². The molecular formula is C27H26N2O5. The number of benzene rings is 3. The lowest BCUT2D eigenvalue weighted by Gasteiger charge is -2.16. The van der Waals surface area contributed by atoms with E-state index in [2.05, 4.69) is 10.3 Å². The average Bonchev–Trinajstić information content (AvgIpc) is 3.28. The molecule has 34 heavy (non-hydrogen) atoms. The van der Waals surface area contributed by atoms with Gasteiger partial charge < -0.3 is 24.5 Å². The molecule has 7 nitrogen and oxygen atoms in total. The van der Waals surface area contributed by atoms with Gasteiger partial charge in [-0.3, -0.25) is 0 Å². The number of carbonyl (C=O) groups excluding carboxylic acids is 2. The van der Waals surface area contributed by atoms with Crippen LogP contribution in [0.4, 0.5) is 4.79 Å². The number of nitrogens with one attached hydrogen (secondary N) is 2. The van der Waals surface area contributed by atoms with Crippen LogP contribution in [0.1, 0.15) is 16.7 Å². The second-order valence-electron chi connectivity index (χ2n) is 7.78. The van der Waals surface area contributed by atoms with Gasteiger partial charge in [0.15, 0.2) is 0 Å². The van der Waals surface area contributed by atoms with E-state index in [4.69, 9.17) is 14.2 Å². The van der Waals surface area contributed by atoms with Gasteiger partial charge in [-0.05, 0) is 28.8 Å². The van der Waals surface area contributed by atoms with Gasteiger partial charge >= 0.3 is 12.1 Å². The van der Waals surface area contributed by atoms with Crippen LogP contribution in [0.25, 0.3) is 10.9 Å². The molecule has 0 saturated carbocycles. The van der Waals surface area contributed by atoms with Crippen LogP contribution in [-0.2, 0) is 33.9 Å². The van der Waals surface area contributed by atoms with Crippen molar-refractivity contribution in [2.45, 2.75) is 25.7 Å². The van der Waals surface area contributed by atoms with Crippen molar-refractivity contribution in [2.24, 2.45) is 0 Å². The molecule has 7 heteroatoms. The number of hydrogen-bond donors (Lipinski definition) is 2. The second kappa shape index (κ2) is 11.0. The Bertz CT molecular complexity index is 1240. The van der Waals surface area contributed by atoms with Gasteiger partial charge in [-0.2, -0.15) is 0 Å². The van der Waals surface area contributed by atoms with E-state index < -0.39 is 18.1 Å². The Kier molecular flexibility index (Phi) is 7.45. The molecule has 4 rings (SSSR count). The van der Waals surface area contributed by atoms with Crippen molar-refractivity contribution in [3.8, 4) is 5.75 Å². The number of carbonyl (C=O) groups is 2. The molecule has 0 saturated heterocycles. The van der Waals surface area contributed by atoms with Crippen molar-refractivity contribution in [3.05, 3.63) is 102 Å². The summed E-state index contributed by atoms with van der Waals surface area (Å²) in [5.41, 5.74) is 3.68. The Morgan fingerprint density at radius 1 is 0.912 bits per heavy atom. The number of aromatic amines is 1. The number of rotatable bonds is 9. The molecule has 174 valence electrons. The molecule has 1 amide bonds. The molecule has 0 radical (unpaired) electrons. The Morgan fingerprint density at radius 2 is 1.59 bits per heavy atom. The molecule has 1 aromatic heterocycles. The topological polar surface area (TPSA) is 89.7 Å². The zero-order valence-corrected chi connectivity index (χ0v) is 18.8. The van der Waals surface area contributed by atoms with Gasteiger partial charge in [0.05, 0.1) is 7.11 Å². The first-order valence-corrected chi connectivity index (χ1v) is 10.9. The third kappa shape index (κ3) is 5.95. The second-order valence-corrected chi connectivity index (χ2v) is 7.78. The summed E-state index contributed by atoms with van der Waals surface area (Å²) in [6, 6.07) is 24.1. The van der Waals surface area contributed by atoms with E-state index in [1.807, 2.05) is 85.1 Å². The third-order valence-corrected chi connectivity index (χ3v) is 5.40. The Labute approximate surface area is 197 Å². The zero-order chi connectivity index (χ0) is 23.8. The van der Waals surface area contributed by atoms with Gasteiger partial charge in [0.2, 0.25) is 0 Å². The molecule has 0 aliphatic rings. The Hall–Kier alpha value is -4.26. The summed E-state index contributed by atoms with van der Waals surface area (Å²) in [5.74, 6) is 0.186. The minimum absolute atomic E-state index is 0.111.